The van der Waals surface area contributed by atoms with Gasteiger partial charge < -0.3 is 4.57 Å². The summed E-state index contributed by atoms with van der Waals surface area (Å²) in [6, 6.07) is 5.58. The Hall–Kier alpha value is -0.960. The lowest BCUT2D eigenvalue weighted by molar-refractivity contribution is 0.568. The number of imidazole rings is 1. The quantitative estimate of drug-likeness (QED) is 0.694. The average Bonchev–Trinajstić information content (AvgIpc) is 2.78. The van der Waals surface area contributed by atoms with Crippen molar-refractivity contribution in [1.29, 1.82) is 0 Å². The summed E-state index contributed by atoms with van der Waals surface area (Å²) < 4.78 is 1.92. The lowest BCUT2D eigenvalue weighted by Gasteiger charge is -2.24. The molecule has 2 nitrogen and oxygen atoms in total. The summed E-state index contributed by atoms with van der Waals surface area (Å²) in [6.07, 6.45) is 7.45. The molecule has 0 unspecified atom stereocenters. The van der Waals surface area contributed by atoms with Gasteiger partial charge in [0.15, 0.2) is 0 Å². The fraction of sp³-hybridized carbons (Fsp3) is 0.267. The predicted molar refractivity (Wildman–Crippen MR) is 89.6 cm³/mol. The third-order valence-electron chi connectivity index (χ3n) is 2.83. The first-order chi connectivity index (χ1) is 8.88. The van der Waals surface area contributed by atoms with Gasteiger partial charge in [-0.3, -0.25) is 0 Å². The van der Waals surface area contributed by atoms with Gasteiger partial charge in [0.05, 0.1) is 6.33 Å². The fourth-order valence-corrected chi connectivity index (χ4v) is 2.38. The van der Waals surface area contributed by atoms with Crippen molar-refractivity contribution in [2.45, 2.75) is 20.8 Å². The Morgan fingerprint density at radius 2 is 1.95 bits per heavy atom. The molecule has 2 rings (SSSR count). The molecule has 0 N–H and O–H groups in total. The van der Waals surface area contributed by atoms with Crippen LogP contribution in [0.4, 0.5) is 0 Å². The maximum Gasteiger partial charge on any atom is 0.0986 e. The minimum absolute atomic E-state index is 0. The summed E-state index contributed by atoms with van der Waals surface area (Å²) in [5.41, 5.74) is 2.08. The molecule has 0 radical (unpaired) electrons. The Kier molecular flexibility index (Phi) is 5.69. The highest BCUT2D eigenvalue weighted by atomic mass is 35.5. The molecule has 1 aromatic heterocycles. The van der Waals surface area contributed by atoms with Gasteiger partial charge in [0, 0.05) is 28.6 Å². The van der Waals surface area contributed by atoms with Crippen molar-refractivity contribution in [2.24, 2.45) is 5.41 Å². The summed E-state index contributed by atoms with van der Waals surface area (Å²) in [5, 5.41) is 1.30. The van der Waals surface area contributed by atoms with Crippen LogP contribution >= 0.6 is 35.6 Å². The smallest absolute Gasteiger partial charge is 0.0986 e. The van der Waals surface area contributed by atoms with Crippen LogP contribution in [-0.2, 0) is 0 Å². The highest BCUT2D eigenvalue weighted by molar-refractivity contribution is 6.35. The summed E-state index contributed by atoms with van der Waals surface area (Å²) in [5.74, 6) is 0. The number of hydrogen-bond acceptors (Lipinski definition) is 1. The van der Waals surface area contributed by atoms with Crippen LogP contribution in [0.1, 0.15) is 26.3 Å². The number of benzene rings is 1. The first kappa shape index (κ1) is 17.1. The molecule has 0 fully saturated rings. The van der Waals surface area contributed by atoms with Gasteiger partial charge in [-0.05, 0) is 28.7 Å². The molecule has 0 spiro atoms. The molecule has 0 saturated heterocycles. The maximum atomic E-state index is 6.32. The zero-order valence-electron chi connectivity index (χ0n) is 11.6. The van der Waals surface area contributed by atoms with E-state index in [9.17, 15) is 0 Å². The summed E-state index contributed by atoms with van der Waals surface area (Å²) in [4.78, 5) is 4.05. The Bertz CT molecular complexity index is 596. The molecule has 108 valence electrons. The highest BCUT2D eigenvalue weighted by Crippen LogP contribution is 2.38. The molecule has 0 aliphatic rings. The molecule has 0 bridgehead atoms. The molecule has 1 heterocycles. The first-order valence-corrected chi connectivity index (χ1v) is 6.78. The van der Waals surface area contributed by atoms with Gasteiger partial charge in [-0.1, -0.05) is 50.0 Å². The second-order valence-electron chi connectivity index (χ2n) is 5.43. The number of halogens is 3. The fourth-order valence-electron chi connectivity index (χ4n) is 1.87. The van der Waals surface area contributed by atoms with Gasteiger partial charge in [0.25, 0.3) is 0 Å². The van der Waals surface area contributed by atoms with E-state index in [0.717, 1.165) is 11.1 Å². The van der Waals surface area contributed by atoms with E-state index in [1.54, 1.807) is 18.6 Å². The summed E-state index contributed by atoms with van der Waals surface area (Å²) in [7, 11) is 0. The number of allylic oxidation sites excluding steroid dienone is 1. The number of aromatic nitrogens is 2. The molecule has 0 aliphatic carbocycles. The van der Waals surface area contributed by atoms with Crippen molar-refractivity contribution in [3.05, 3.63) is 52.5 Å². The minimum atomic E-state index is -0.0399. The van der Waals surface area contributed by atoms with Gasteiger partial charge in [0.2, 0.25) is 0 Å². The number of nitrogens with zero attached hydrogens (tertiary/aromatic N) is 2. The van der Waals surface area contributed by atoms with Crippen molar-refractivity contribution >= 4 is 47.4 Å². The number of hydrogen-bond donors (Lipinski definition) is 0. The van der Waals surface area contributed by atoms with Crippen molar-refractivity contribution in [3.8, 4) is 0 Å². The molecule has 5 heteroatoms. The van der Waals surface area contributed by atoms with Gasteiger partial charge >= 0.3 is 0 Å². The lowest BCUT2D eigenvalue weighted by atomic mass is 9.82. The van der Waals surface area contributed by atoms with Gasteiger partial charge in [-0.25, -0.2) is 4.98 Å². The van der Waals surface area contributed by atoms with Crippen LogP contribution in [0.2, 0.25) is 10.0 Å². The van der Waals surface area contributed by atoms with Crippen molar-refractivity contribution in [1.82, 2.24) is 9.55 Å². The second kappa shape index (κ2) is 6.66. The van der Waals surface area contributed by atoms with Gasteiger partial charge in [-0.15, -0.1) is 12.4 Å². The molecule has 1 aromatic carbocycles. The molecular weight excluding hydrogens is 315 g/mol. The van der Waals surface area contributed by atoms with E-state index < -0.39 is 0 Å². The Balaban J connectivity index is 0.00000200. The van der Waals surface area contributed by atoms with E-state index in [0.29, 0.717) is 10.0 Å². The van der Waals surface area contributed by atoms with Crippen LogP contribution in [0, 0.1) is 5.41 Å². The third kappa shape index (κ3) is 4.02. The zero-order valence-corrected chi connectivity index (χ0v) is 13.9. The molecule has 2 aromatic rings. The maximum absolute atomic E-state index is 6.32. The zero-order chi connectivity index (χ0) is 14.0. The topological polar surface area (TPSA) is 17.8 Å². The minimum Gasteiger partial charge on any atom is -0.313 e. The lowest BCUT2D eigenvalue weighted by Crippen LogP contribution is -2.09. The van der Waals surface area contributed by atoms with E-state index in [1.807, 2.05) is 29.1 Å². The Morgan fingerprint density at radius 3 is 2.45 bits per heavy atom. The largest absolute Gasteiger partial charge is 0.313 e. The van der Waals surface area contributed by atoms with E-state index in [1.165, 1.54) is 0 Å². The van der Waals surface area contributed by atoms with Gasteiger partial charge in [0.1, 0.15) is 0 Å². The molecule has 0 atom stereocenters. The molecule has 0 amide bonds. The number of rotatable bonds is 2. The second-order valence-corrected chi connectivity index (χ2v) is 6.27. The van der Waals surface area contributed by atoms with Crippen molar-refractivity contribution < 1.29 is 0 Å². The Morgan fingerprint density at radius 1 is 1.25 bits per heavy atom. The van der Waals surface area contributed by atoms with E-state index in [4.69, 9.17) is 23.2 Å². The normalized spacial score (nSPS) is 12.2. The molecule has 20 heavy (non-hydrogen) atoms. The van der Waals surface area contributed by atoms with Crippen LogP contribution in [0.25, 0.3) is 11.8 Å². The van der Waals surface area contributed by atoms with Crippen molar-refractivity contribution in [3.63, 3.8) is 0 Å². The summed E-state index contributed by atoms with van der Waals surface area (Å²) >= 11 is 12.3. The van der Waals surface area contributed by atoms with Crippen LogP contribution in [-0.4, -0.2) is 9.55 Å². The van der Waals surface area contributed by atoms with Crippen LogP contribution in [0.3, 0.4) is 0 Å². The van der Waals surface area contributed by atoms with E-state index >= 15 is 0 Å². The van der Waals surface area contributed by atoms with Gasteiger partial charge in [-0.2, -0.15) is 0 Å². The van der Waals surface area contributed by atoms with Crippen LogP contribution in [0.15, 0.2) is 36.9 Å². The highest BCUT2D eigenvalue weighted by Gasteiger charge is 2.21. The van der Waals surface area contributed by atoms with Crippen molar-refractivity contribution in [2.75, 3.05) is 0 Å². The van der Waals surface area contributed by atoms with Crippen LogP contribution in [0.5, 0.6) is 0 Å². The SMILES string of the molecule is CC(C)(C)C(=Cn1ccnc1)c1ccc(Cl)cc1Cl.Cl. The van der Waals surface area contributed by atoms with E-state index in [2.05, 4.69) is 25.8 Å². The molecule has 0 saturated carbocycles. The standard InChI is InChI=1S/C15H16Cl2N2.ClH/c1-15(2,3)13(9-19-7-6-18-10-19)12-5-4-11(16)8-14(12)17;/h4-10H,1-3H3;1H. The molecular formula is C15H17Cl3N2. The average molecular weight is 332 g/mol. The van der Waals surface area contributed by atoms with Crippen LogP contribution < -0.4 is 0 Å². The first-order valence-electron chi connectivity index (χ1n) is 6.03. The Labute approximate surface area is 135 Å². The molecule has 0 aliphatic heterocycles. The monoisotopic (exact) mass is 330 g/mol. The summed E-state index contributed by atoms with van der Waals surface area (Å²) in [6.45, 7) is 6.46. The third-order valence-corrected chi connectivity index (χ3v) is 3.38. The van der Waals surface area contributed by atoms with E-state index in [-0.39, 0.29) is 17.8 Å². The predicted octanol–water partition coefficient (Wildman–Crippen LogP) is 5.66.